The maximum atomic E-state index is 10.5. The fraction of sp³-hybridized carbons (Fsp3) is 0.722. The van der Waals surface area contributed by atoms with Crippen LogP contribution >= 0.6 is 0 Å². The molecule has 0 saturated heterocycles. The monoisotopic (exact) mass is 299 g/mol. The van der Waals surface area contributed by atoms with Crippen LogP contribution < -0.4 is 0 Å². The van der Waals surface area contributed by atoms with Gasteiger partial charge in [-0.1, -0.05) is 69.4 Å². The van der Waals surface area contributed by atoms with Crippen LogP contribution in [0.3, 0.4) is 0 Å². The van der Waals surface area contributed by atoms with Gasteiger partial charge in [0, 0.05) is 32.5 Å². The predicted octanol–water partition coefficient (Wildman–Crippen LogP) is 5.88. The summed E-state index contributed by atoms with van der Waals surface area (Å²) in [5, 5.41) is 8.57. The molecule has 0 fully saturated rings. The molecule has 0 aliphatic carbocycles. The van der Waals surface area contributed by atoms with Gasteiger partial charge < -0.3 is 5.11 Å². The Morgan fingerprint density at radius 1 is 1.05 bits per heavy atom. The molecule has 0 unspecified atom stereocenters. The molecule has 0 atom stereocenters. The Kier molecular flexibility index (Phi) is 3.58. The molecule has 0 saturated carbocycles. The summed E-state index contributed by atoms with van der Waals surface area (Å²) in [5.74, 6) is -0.988. The smallest absolute Gasteiger partial charge is 0.303 e. The van der Waals surface area contributed by atoms with Gasteiger partial charge in [0.2, 0.25) is 0 Å². The summed E-state index contributed by atoms with van der Waals surface area (Å²) < 4.78 is 149. The minimum absolute atomic E-state index is 0.0215. The molecule has 2 nitrogen and oxygen atoms in total. The van der Waals surface area contributed by atoms with Crippen LogP contribution in [0, 0.1) is 0 Å². The number of carboxylic acids is 1. The number of hydrogen-bond donors (Lipinski definition) is 1. The van der Waals surface area contributed by atoms with Crippen LogP contribution in [0.1, 0.15) is 110 Å². The molecule has 0 aromatic heterocycles. The molecule has 116 valence electrons. The van der Waals surface area contributed by atoms with E-state index >= 15 is 0 Å². The van der Waals surface area contributed by atoms with Crippen LogP contribution in [0.4, 0.5) is 0 Å². The first kappa shape index (κ1) is 4.47. The first-order chi connectivity index (χ1) is 16.9. The van der Waals surface area contributed by atoms with E-state index in [2.05, 4.69) is 0 Å². The van der Waals surface area contributed by atoms with E-state index in [-0.39, 0.29) is 12.8 Å². The molecule has 0 rings (SSSR count). The van der Waals surface area contributed by atoms with Crippen LogP contribution in [-0.4, -0.2) is 11.1 Å². The zero-order valence-electron chi connectivity index (χ0n) is 30.0. The van der Waals surface area contributed by atoms with Gasteiger partial charge in [-0.25, -0.2) is 0 Å². The summed E-state index contributed by atoms with van der Waals surface area (Å²) in [4.78, 5) is 10.5. The molecule has 0 amide bonds. The topological polar surface area (TPSA) is 37.3 Å². The van der Waals surface area contributed by atoms with E-state index in [9.17, 15) is 4.79 Å². The fourth-order valence-corrected chi connectivity index (χ4v) is 1.02. The highest BCUT2D eigenvalue weighted by Crippen LogP contribution is 2.08. The number of rotatable bonds is 14. The van der Waals surface area contributed by atoms with Crippen LogP contribution in [0.15, 0.2) is 24.3 Å². The van der Waals surface area contributed by atoms with Crippen molar-refractivity contribution in [2.75, 3.05) is 0 Å². The second-order valence-corrected chi connectivity index (χ2v) is 3.41. The molecule has 0 spiro atoms. The molecule has 0 aliphatic heterocycles. The van der Waals surface area contributed by atoms with Gasteiger partial charge in [0.25, 0.3) is 0 Å². The van der Waals surface area contributed by atoms with E-state index in [1.54, 1.807) is 6.08 Å². The maximum absolute atomic E-state index is 10.5. The van der Waals surface area contributed by atoms with Crippen LogP contribution in [0.25, 0.3) is 0 Å². The van der Waals surface area contributed by atoms with Crippen molar-refractivity contribution in [1.29, 1.82) is 0 Å². The van der Waals surface area contributed by atoms with Crippen molar-refractivity contribution >= 4 is 5.97 Å². The van der Waals surface area contributed by atoms with E-state index in [4.69, 9.17) is 31.2 Å². The lowest BCUT2D eigenvalue weighted by Gasteiger charge is -1.98. The Hall–Kier alpha value is -1.05. The van der Waals surface area contributed by atoms with Gasteiger partial charge in [-0.3, -0.25) is 4.79 Å². The van der Waals surface area contributed by atoms with E-state index < -0.39 is 63.8 Å². The minimum atomic E-state index is -4.46. The molecule has 1 N–H and O–H groups in total. The van der Waals surface area contributed by atoms with Crippen molar-refractivity contribution in [3.8, 4) is 0 Å². The molecule has 0 aliphatic rings. The summed E-state index contributed by atoms with van der Waals surface area (Å²) in [5.41, 5.74) is 0. The standard InChI is InChI=1S/C18H32O2/c1-2-3-4-5-6-7-8-9-10-11-12-13-14-15-16-17-18(19)20/h10-11,13-14H,2-9,12,15-17H2,1H3,(H,19,20)/b11-10+,14-13+/i1D3,2D2,3D2,4D2,5D2,6D2,7D2,8D2,9D2. The third-order valence-electron chi connectivity index (χ3n) is 1.85. The molecular formula is C18H32O2. The molecule has 2 heteroatoms. The summed E-state index contributed by atoms with van der Waals surface area (Å²) in [7, 11) is 0. The Balaban J connectivity index is 6.32. The molecular weight excluding hydrogens is 248 g/mol. The van der Waals surface area contributed by atoms with Crippen LogP contribution in [0.2, 0.25) is 0 Å². The van der Waals surface area contributed by atoms with Gasteiger partial charge >= 0.3 is 5.97 Å². The van der Waals surface area contributed by atoms with Crippen molar-refractivity contribution < 1.29 is 35.9 Å². The summed E-state index contributed by atoms with van der Waals surface area (Å²) in [6.07, 6.45) is -28.0. The average molecular weight is 300 g/mol. The second kappa shape index (κ2) is 16.0. The summed E-state index contributed by atoms with van der Waals surface area (Å²) >= 11 is 0. The van der Waals surface area contributed by atoms with Crippen LogP contribution in [0.5, 0.6) is 0 Å². The van der Waals surface area contributed by atoms with Crippen molar-refractivity contribution in [3.63, 3.8) is 0 Å². The SMILES string of the molecule is [2H]C([2H])([2H])C([2H])([2H])C([2H])([2H])C([2H])([2H])C([2H])([2H])C([2H])([2H])C([2H])([2H])C([2H])([2H])C([2H])([2H])/C=C/C/C=C/CCCC(=O)O. The molecule has 0 heterocycles. The highest BCUT2D eigenvalue weighted by molar-refractivity contribution is 5.66. The Morgan fingerprint density at radius 2 is 1.75 bits per heavy atom. The molecule has 0 aromatic carbocycles. The van der Waals surface area contributed by atoms with Gasteiger partial charge in [0.1, 0.15) is 0 Å². The van der Waals surface area contributed by atoms with Gasteiger partial charge in [-0.15, -0.1) is 0 Å². The lowest BCUT2D eigenvalue weighted by Crippen LogP contribution is -1.92. The van der Waals surface area contributed by atoms with Crippen molar-refractivity contribution in [1.82, 2.24) is 0 Å². The predicted molar refractivity (Wildman–Crippen MR) is 87.0 cm³/mol. The Labute approximate surface area is 151 Å². The Morgan fingerprint density at radius 3 is 2.50 bits per heavy atom. The van der Waals surface area contributed by atoms with Crippen molar-refractivity contribution in [3.05, 3.63) is 24.3 Å². The minimum Gasteiger partial charge on any atom is -0.481 e. The first-order valence-corrected chi connectivity index (χ1v) is 5.96. The van der Waals surface area contributed by atoms with Gasteiger partial charge in [-0.2, -0.15) is 0 Å². The number of unbranched alkanes of at least 4 members (excludes halogenated alkanes) is 1. The highest BCUT2D eigenvalue weighted by Gasteiger charge is 1.92. The zero-order chi connectivity index (χ0) is 31.7. The number of allylic oxidation sites excluding steroid dienone is 4. The summed E-state index contributed by atoms with van der Waals surface area (Å²) in [6.45, 7) is -3.87. The van der Waals surface area contributed by atoms with E-state index in [1.165, 1.54) is 6.08 Å². The number of aliphatic carboxylic acids is 1. The molecule has 20 heavy (non-hydrogen) atoms. The third kappa shape index (κ3) is 16.9. The quantitative estimate of drug-likeness (QED) is 0.321. The molecule has 0 aromatic rings. The van der Waals surface area contributed by atoms with Gasteiger partial charge in [0.15, 0.2) is 0 Å². The van der Waals surface area contributed by atoms with Gasteiger partial charge in [0.05, 0.1) is 0 Å². The third-order valence-corrected chi connectivity index (χ3v) is 1.85. The molecule has 0 bridgehead atoms. The lowest BCUT2D eigenvalue weighted by atomic mass is 10.1. The number of carbonyl (C=O) groups is 1. The lowest BCUT2D eigenvalue weighted by molar-refractivity contribution is -0.137. The Bertz CT molecular complexity index is 914. The van der Waals surface area contributed by atoms with Crippen LogP contribution in [-0.2, 0) is 4.79 Å². The largest absolute Gasteiger partial charge is 0.481 e. The van der Waals surface area contributed by atoms with Gasteiger partial charge in [-0.05, 0) is 32.0 Å². The van der Waals surface area contributed by atoms with E-state index in [1.807, 2.05) is 0 Å². The van der Waals surface area contributed by atoms with E-state index in [0.717, 1.165) is 6.08 Å². The van der Waals surface area contributed by atoms with Crippen molar-refractivity contribution in [2.45, 2.75) is 83.5 Å². The second-order valence-electron chi connectivity index (χ2n) is 3.41. The van der Waals surface area contributed by atoms with Crippen molar-refractivity contribution in [2.24, 2.45) is 0 Å². The first-order valence-electron chi connectivity index (χ1n) is 15.5. The molecule has 0 radical (unpaired) electrons. The summed E-state index contributed by atoms with van der Waals surface area (Å²) in [6, 6.07) is 0. The normalized spacial score (nSPS) is 32.1. The van der Waals surface area contributed by atoms with E-state index in [0.29, 0.717) is 18.9 Å². The maximum Gasteiger partial charge on any atom is 0.303 e. The zero-order valence-corrected chi connectivity index (χ0v) is 11.0. The average Bonchev–Trinajstić information content (AvgIpc) is 2.73. The fourth-order valence-electron chi connectivity index (χ4n) is 1.02. The number of hydrogen-bond acceptors (Lipinski definition) is 1. The number of carboxylic acid groups (broad SMARTS) is 1. The highest BCUT2D eigenvalue weighted by atomic mass is 16.4.